The molecule has 0 radical (unpaired) electrons. The summed E-state index contributed by atoms with van der Waals surface area (Å²) in [5.41, 5.74) is 1.24. The molecule has 2 aromatic carbocycles. The molecule has 0 aromatic heterocycles. The molecule has 1 aliphatic heterocycles. The topological polar surface area (TPSA) is 99.1 Å². The number of ether oxygens (including phenoxy) is 1. The summed E-state index contributed by atoms with van der Waals surface area (Å²) in [4.78, 5) is 27.0. The Kier molecular flexibility index (Phi) is 6.64. The van der Waals surface area contributed by atoms with E-state index in [9.17, 15) is 14.7 Å². The molecule has 0 saturated carbocycles. The van der Waals surface area contributed by atoms with Gasteiger partial charge in [0.05, 0.1) is 25.3 Å². The lowest BCUT2D eigenvalue weighted by Crippen LogP contribution is -2.36. The zero-order valence-electron chi connectivity index (χ0n) is 16.2. The van der Waals surface area contributed by atoms with Crippen LogP contribution in [0.5, 0.6) is 5.75 Å². The van der Waals surface area contributed by atoms with Crippen LogP contribution < -0.4 is 10.1 Å². The van der Waals surface area contributed by atoms with Crippen molar-refractivity contribution >= 4 is 17.4 Å². The number of Topliss-reactive ketones (excluding diaryl/α,β-unsaturated/α-hetero) is 1. The quantitative estimate of drug-likeness (QED) is 0.272. The Balaban J connectivity index is 2.04. The monoisotopic (exact) mass is 396 g/mol. The fourth-order valence-electron chi connectivity index (χ4n) is 3.40. The van der Waals surface area contributed by atoms with Crippen LogP contribution in [0.25, 0.3) is 5.76 Å². The van der Waals surface area contributed by atoms with Gasteiger partial charge in [-0.1, -0.05) is 42.5 Å². The van der Waals surface area contributed by atoms with Gasteiger partial charge < -0.3 is 25.2 Å². The van der Waals surface area contributed by atoms with E-state index in [1.807, 2.05) is 6.07 Å². The van der Waals surface area contributed by atoms with Gasteiger partial charge in [-0.05, 0) is 17.7 Å². The van der Waals surface area contributed by atoms with Crippen LogP contribution in [-0.2, 0) is 9.59 Å². The maximum Gasteiger partial charge on any atom is 0.295 e. The van der Waals surface area contributed by atoms with Gasteiger partial charge in [-0.25, -0.2) is 0 Å². The third-order valence-electron chi connectivity index (χ3n) is 4.84. The average molecular weight is 396 g/mol. The predicted molar refractivity (Wildman–Crippen MR) is 108 cm³/mol. The van der Waals surface area contributed by atoms with Crippen LogP contribution in [0.15, 0.2) is 60.2 Å². The summed E-state index contributed by atoms with van der Waals surface area (Å²) in [6.07, 6.45) is 0. The standard InChI is InChI=1S/C22H24N2O5/c1-29-17-9-7-15(8-10-17)19-18(20(26)16-5-3-2-4-6-16)21(27)22(28)24(19)13-11-23-12-14-25/h2-10,19,23,25-26H,11-14H2,1H3/b20-18-. The molecule has 1 fully saturated rings. The molecule has 7 nitrogen and oxygen atoms in total. The van der Waals surface area contributed by atoms with Crippen molar-refractivity contribution in [2.75, 3.05) is 33.4 Å². The number of carbonyl (C=O) groups excluding carboxylic acids is 2. The molecule has 1 aliphatic rings. The first-order valence-electron chi connectivity index (χ1n) is 9.37. The molecule has 29 heavy (non-hydrogen) atoms. The molecule has 3 N–H and O–H groups in total. The van der Waals surface area contributed by atoms with Crippen LogP contribution in [0.1, 0.15) is 17.2 Å². The number of nitrogens with one attached hydrogen (secondary N) is 1. The van der Waals surface area contributed by atoms with Gasteiger partial charge in [0.1, 0.15) is 11.5 Å². The van der Waals surface area contributed by atoms with E-state index >= 15 is 0 Å². The number of carbonyl (C=O) groups is 2. The molecule has 1 atom stereocenters. The molecule has 0 spiro atoms. The van der Waals surface area contributed by atoms with Crippen LogP contribution in [-0.4, -0.2) is 60.2 Å². The number of benzene rings is 2. The summed E-state index contributed by atoms with van der Waals surface area (Å²) < 4.78 is 5.19. The van der Waals surface area contributed by atoms with Gasteiger partial charge in [-0.15, -0.1) is 0 Å². The van der Waals surface area contributed by atoms with Gasteiger partial charge in [0.15, 0.2) is 0 Å². The van der Waals surface area contributed by atoms with E-state index in [-0.39, 0.29) is 24.5 Å². The SMILES string of the molecule is COc1ccc(C2/C(=C(/O)c3ccccc3)C(=O)C(=O)N2CCNCCO)cc1. The average Bonchev–Trinajstić information content (AvgIpc) is 3.01. The van der Waals surface area contributed by atoms with E-state index < -0.39 is 17.7 Å². The molecule has 0 bridgehead atoms. The van der Waals surface area contributed by atoms with Gasteiger partial charge in [0.2, 0.25) is 0 Å². The van der Waals surface area contributed by atoms with Crippen LogP contribution in [0, 0.1) is 0 Å². The highest BCUT2D eigenvalue weighted by Gasteiger charge is 2.45. The first-order valence-corrected chi connectivity index (χ1v) is 9.37. The number of rotatable bonds is 8. The van der Waals surface area contributed by atoms with Gasteiger partial charge in [0, 0.05) is 25.2 Å². The highest BCUT2D eigenvalue weighted by Crippen LogP contribution is 2.39. The molecule has 7 heteroatoms. The second-order valence-electron chi connectivity index (χ2n) is 6.61. The number of aliphatic hydroxyl groups is 2. The first kappa shape index (κ1) is 20.6. The second-order valence-corrected chi connectivity index (χ2v) is 6.61. The Hall–Kier alpha value is -3.16. The normalized spacial score (nSPS) is 18.3. The van der Waals surface area contributed by atoms with Crippen molar-refractivity contribution < 1.29 is 24.5 Å². The highest BCUT2D eigenvalue weighted by molar-refractivity contribution is 6.46. The summed E-state index contributed by atoms with van der Waals surface area (Å²) >= 11 is 0. The molecule has 1 heterocycles. The zero-order valence-corrected chi connectivity index (χ0v) is 16.2. The molecule has 3 rings (SSSR count). The fourth-order valence-corrected chi connectivity index (χ4v) is 3.40. The van der Waals surface area contributed by atoms with E-state index in [4.69, 9.17) is 9.84 Å². The van der Waals surface area contributed by atoms with Crippen LogP contribution >= 0.6 is 0 Å². The van der Waals surface area contributed by atoms with Gasteiger partial charge in [-0.3, -0.25) is 9.59 Å². The minimum Gasteiger partial charge on any atom is -0.507 e. The minimum absolute atomic E-state index is 0.0191. The van der Waals surface area contributed by atoms with Crippen LogP contribution in [0.3, 0.4) is 0 Å². The number of hydrogen-bond donors (Lipinski definition) is 3. The first-order chi connectivity index (χ1) is 14.1. The molecule has 152 valence electrons. The molecular weight excluding hydrogens is 372 g/mol. The third-order valence-corrected chi connectivity index (χ3v) is 4.84. The van der Waals surface area contributed by atoms with Crippen molar-refractivity contribution in [3.63, 3.8) is 0 Å². The molecule has 2 aromatic rings. The summed E-state index contributed by atoms with van der Waals surface area (Å²) in [6.45, 7) is 1.04. The maximum absolute atomic E-state index is 12.8. The summed E-state index contributed by atoms with van der Waals surface area (Å²) in [5.74, 6) is -0.919. The number of amides is 1. The lowest BCUT2D eigenvalue weighted by Gasteiger charge is -2.25. The van der Waals surface area contributed by atoms with Gasteiger partial charge in [0.25, 0.3) is 11.7 Å². The van der Waals surface area contributed by atoms with Crippen LogP contribution in [0.4, 0.5) is 0 Å². The third kappa shape index (κ3) is 4.31. The number of likely N-dealkylation sites (tertiary alicyclic amines) is 1. The Morgan fingerprint density at radius 3 is 2.38 bits per heavy atom. The van der Waals surface area contributed by atoms with Crippen molar-refractivity contribution in [1.82, 2.24) is 10.2 Å². The number of hydrogen-bond acceptors (Lipinski definition) is 6. The maximum atomic E-state index is 12.8. The number of methoxy groups -OCH3 is 1. The largest absolute Gasteiger partial charge is 0.507 e. The molecule has 1 unspecified atom stereocenters. The van der Waals surface area contributed by atoms with E-state index in [0.717, 1.165) is 0 Å². The molecule has 1 saturated heterocycles. The van der Waals surface area contributed by atoms with Crippen molar-refractivity contribution in [2.24, 2.45) is 0 Å². The van der Waals surface area contributed by atoms with Gasteiger partial charge >= 0.3 is 0 Å². The van der Waals surface area contributed by atoms with E-state index in [1.54, 1.807) is 55.6 Å². The Labute approximate surface area is 169 Å². The minimum atomic E-state index is -0.714. The van der Waals surface area contributed by atoms with Crippen LogP contribution in [0.2, 0.25) is 0 Å². The molecule has 0 aliphatic carbocycles. The van der Waals surface area contributed by atoms with Crippen molar-refractivity contribution in [1.29, 1.82) is 0 Å². The summed E-state index contributed by atoms with van der Waals surface area (Å²) in [7, 11) is 1.56. The Bertz CT molecular complexity index is 893. The van der Waals surface area contributed by atoms with E-state index in [0.29, 0.717) is 30.0 Å². The van der Waals surface area contributed by atoms with E-state index in [2.05, 4.69) is 5.32 Å². The lowest BCUT2D eigenvalue weighted by atomic mass is 9.95. The highest BCUT2D eigenvalue weighted by atomic mass is 16.5. The van der Waals surface area contributed by atoms with Crippen molar-refractivity contribution in [3.8, 4) is 5.75 Å². The second kappa shape index (κ2) is 9.36. The van der Waals surface area contributed by atoms with Gasteiger partial charge in [-0.2, -0.15) is 0 Å². The predicted octanol–water partition coefficient (Wildman–Crippen LogP) is 1.70. The van der Waals surface area contributed by atoms with Crippen molar-refractivity contribution in [2.45, 2.75) is 6.04 Å². The molecule has 1 amide bonds. The number of aliphatic hydroxyl groups excluding tert-OH is 2. The fraction of sp³-hybridized carbons (Fsp3) is 0.273. The zero-order chi connectivity index (χ0) is 20.8. The van der Waals surface area contributed by atoms with E-state index in [1.165, 1.54) is 4.90 Å². The number of nitrogens with zero attached hydrogens (tertiary/aromatic N) is 1. The summed E-state index contributed by atoms with van der Waals surface area (Å²) in [5, 5.41) is 22.8. The van der Waals surface area contributed by atoms with Crippen molar-refractivity contribution in [3.05, 3.63) is 71.3 Å². The summed E-state index contributed by atoms with van der Waals surface area (Å²) in [6, 6.07) is 15.1. The molecular formula is C22H24N2O5. The Morgan fingerprint density at radius 1 is 1.07 bits per heavy atom. The smallest absolute Gasteiger partial charge is 0.295 e. The number of ketones is 1. The Morgan fingerprint density at radius 2 is 1.76 bits per heavy atom. The lowest BCUT2D eigenvalue weighted by molar-refractivity contribution is -0.139.